The molecular weight excluding hydrogens is 234 g/mol. The summed E-state index contributed by atoms with van der Waals surface area (Å²) in [5, 5.41) is 0.160. The largest absolute Gasteiger partial charge is 0.433 e. The zero-order valence-electron chi connectivity index (χ0n) is 8.00. The monoisotopic (exact) mass is 243 g/mol. The molecule has 15 heavy (non-hydrogen) atoms. The molecule has 0 bridgehead atoms. The molecule has 0 saturated carbocycles. The molecule has 0 N–H and O–H groups in total. The molecule has 0 fully saturated rings. The maximum absolute atomic E-state index is 11.0. The fourth-order valence-electron chi connectivity index (χ4n) is 1.05. The summed E-state index contributed by atoms with van der Waals surface area (Å²) in [6, 6.07) is 7.35. The predicted octanol–water partition coefficient (Wildman–Crippen LogP) is 1.76. The minimum Gasteiger partial charge on any atom is -0.433 e. The van der Waals surface area contributed by atoms with Gasteiger partial charge in [0.25, 0.3) is 15.3 Å². The summed E-state index contributed by atoms with van der Waals surface area (Å²) in [7, 11) is -3.30. The fraction of sp³-hybridized carbons (Fsp3) is 0.222. The predicted molar refractivity (Wildman–Crippen MR) is 60.6 cm³/mol. The molecule has 0 unspecified atom stereocenters. The van der Waals surface area contributed by atoms with Gasteiger partial charge >= 0.3 is 0 Å². The van der Waals surface area contributed by atoms with Crippen LogP contribution in [0.2, 0.25) is 0 Å². The summed E-state index contributed by atoms with van der Waals surface area (Å²) in [6.07, 6.45) is 0. The van der Waals surface area contributed by atoms with E-state index in [1.54, 1.807) is 12.1 Å². The van der Waals surface area contributed by atoms with Gasteiger partial charge in [-0.25, -0.2) is 8.42 Å². The Morgan fingerprint density at radius 2 is 2.00 bits per heavy atom. The van der Waals surface area contributed by atoms with Crippen molar-refractivity contribution in [2.75, 3.05) is 5.08 Å². The van der Waals surface area contributed by atoms with Crippen molar-refractivity contribution in [1.82, 2.24) is 0 Å². The number of aryl methyl sites for hydroxylation is 1. The van der Waals surface area contributed by atoms with Crippen LogP contribution in [0, 0.1) is 6.92 Å². The number of nitrogens with zero attached hydrogens (tertiary/aromatic N) is 1. The second-order valence-electron chi connectivity index (χ2n) is 3.12. The van der Waals surface area contributed by atoms with Crippen LogP contribution in [0.1, 0.15) is 5.56 Å². The van der Waals surface area contributed by atoms with E-state index in [0.29, 0.717) is 5.75 Å². The van der Waals surface area contributed by atoms with Gasteiger partial charge in [0.2, 0.25) is 0 Å². The minimum atomic E-state index is -3.30. The van der Waals surface area contributed by atoms with Crippen LogP contribution in [-0.2, 0) is 10.0 Å². The van der Waals surface area contributed by atoms with E-state index in [4.69, 9.17) is 4.74 Å². The highest BCUT2D eigenvalue weighted by Crippen LogP contribution is 2.22. The van der Waals surface area contributed by atoms with Gasteiger partial charge in [-0.1, -0.05) is 17.7 Å². The molecule has 0 aliphatic carbocycles. The third kappa shape index (κ3) is 2.73. The molecule has 80 valence electrons. The first kappa shape index (κ1) is 10.5. The maximum Gasteiger partial charge on any atom is 0.268 e. The molecule has 0 atom stereocenters. The number of rotatable bonds is 1. The number of thioether (sulfide) groups is 1. The van der Waals surface area contributed by atoms with Crippen molar-refractivity contribution < 1.29 is 13.2 Å². The summed E-state index contributed by atoms with van der Waals surface area (Å²) >= 11 is 1.09. The minimum absolute atomic E-state index is 0.0335. The molecule has 0 aromatic heterocycles. The van der Waals surface area contributed by atoms with E-state index in [-0.39, 0.29) is 10.3 Å². The molecule has 1 aliphatic heterocycles. The van der Waals surface area contributed by atoms with E-state index in [0.717, 1.165) is 17.3 Å². The summed E-state index contributed by atoms with van der Waals surface area (Å²) in [5.41, 5.74) is 1.12. The highest BCUT2D eigenvalue weighted by Gasteiger charge is 2.22. The summed E-state index contributed by atoms with van der Waals surface area (Å²) in [4.78, 5) is 0. The molecular formula is C9H9NO3S2. The van der Waals surface area contributed by atoms with Crippen molar-refractivity contribution in [3.05, 3.63) is 29.8 Å². The Labute approximate surface area is 92.4 Å². The van der Waals surface area contributed by atoms with E-state index in [9.17, 15) is 8.42 Å². The van der Waals surface area contributed by atoms with Crippen molar-refractivity contribution in [2.24, 2.45) is 4.40 Å². The van der Waals surface area contributed by atoms with Crippen LogP contribution in [0.5, 0.6) is 5.75 Å². The molecule has 0 amide bonds. The van der Waals surface area contributed by atoms with E-state index in [1.807, 2.05) is 19.1 Å². The number of sulfonamides is 1. The van der Waals surface area contributed by atoms with E-state index >= 15 is 0 Å². The molecule has 0 radical (unpaired) electrons. The first-order valence-corrected chi connectivity index (χ1v) is 6.85. The Morgan fingerprint density at radius 1 is 1.33 bits per heavy atom. The first-order chi connectivity index (χ1) is 7.05. The molecule has 1 aliphatic rings. The summed E-state index contributed by atoms with van der Waals surface area (Å²) in [5.74, 6) is 0.601. The molecule has 0 spiro atoms. The number of hydrogen-bond acceptors (Lipinski definition) is 4. The van der Waals surface area contributed by atoms with Gasteiger partial charge in [-0.15, -0.1) is 4.40 Å². The standard InChI is InChI=1S/C9H9NO3S2/c1-7-2-4-8(5-3-7)13-9-10-15(11,12)6-14-9/h2-5H,6H2,1H3. The quantitative estimate of drug-likeness (QED) is 0.754. The number of hydrogen-bond donors (Lipinski definition) is 0. The Kier molecular flexibility index (Phi) is 2.70. The van der Waals surface area contributed by atoms with Crippen LogP contribution in [0.4, 0.5) is 0 Å². The van der Waals surface area contributed by atoms with Crippen LogP contribution in [0.15, 0.2) is 28.7 Å². The maximum atomic E-state index is 11.0. The lowest BCUT2D eigenvalue weighted by molar-refractivity contribution is 0.566. The fourth-order valence-corrected chi connectivity index (χ4v) is 3.23. The third-order valence-corrected chi connectivity index (χ3v) is 4.42. The van der Waals surface area contributed by atoms with Crippen molar-refractivity contribution in [2.45, 2.75) is 6.92 Å². The second kappa shape index (κ2) is 3.86. The smallest absolute Gasteiger partial charge is 0.268 e. The van der Waals surface area contributed by atoms with Gasteiger partial charge in [-0.05, 0) is 30.8 Å². The van der Waals surface area contributed by atoms with Gasteiger partial charge in [-0.2, -0.15) is 0 Å². The molecule has 6 heteroatoms. The van der Waals surface area contributed by atoms with Crippen molar-refractivity contribution in [3.8, 4) is 5.75 Å². The third-order valence-electron chi connectivity index (χ3n) is 1.77. The lowest BCUT2D eigenvalue weighted by Gasteiger charge is -2.02. The molecule has 1 aromatic carbocycles. The summed E-state index contributed by atoms with van der Waals surface area (Å²) in [6.45, 7) is 1.97. The van der Waals surface area contributed by atoms with Crippen molar-refractivity contribution in [3.63, 3.8) is 0 Å². The zero-order valence-corrected chi connectivity index (χ0v) is 9.64. The Balaban J connectivity index is 2.14. The van der Waals surface area contributed by atoms with Crippen molar-refractivity contribution in [1.29, 1.82) is 0 Å². The lowest BCUT2D eigenvalue weighted by Crippen LogP contribution is -2.00. The first-order valence-electron chi connectivity index (χ1n) is 4.25. The van der Waals surface area contributed by atoms with Crippen molar-refractivity contribution >= 4 is 27.0 Å². The highest BCUT2D eigenvalue weighted by atomic mass is 32.3. The summed E-state index contributed by atoms with van der Waals surface area (Å²) < 4.78 is 30.8. The Hall–Kier alpha value is -1.01. The van der Waals surface area contributed by atoms with E-state index in [1.165, 1.54) is 0 Å². The van der Waals surface area contributed by atoms with Gasteiger partial charge in [0, 0.05) is 0 Å². The van der Waals surface area contributed by atoms with Crippen LogP contribution in [0.25, 0.3) is 0 Å². The second-order valence-corrected chi connectivity index (χ2v) is 6.04. The SMILES string of the molecule is Cc1ccc(OC2=NS(=O)(=O)CS2)cc1. The van der Waals surface area contributed by atoms with Gasteiger partial charge in [0.05, 0.1) is 0 Å². The van der Waals surface area contributed by atoms with Gasteiger partial charge in [0.1, 0.15) is 10.8 Å². The van der Waals surface area contributed by atoms with Gasteiger partial charge in [-0.3, -0.25) is 0 Å². The number of ether oxygens (including phenoxy) is 1. The highest BCUT2D eigenvalue weighted by molar-refractivity contribution is 8.24. The Bertz CT molecular complexity index is 491. The van der Waals surface area contributed by atoms with Gasteiger partial charge in [0.15, 0.2) is 0 Å². The van der Waals surface area contributed by atoms with E-state index < -0.39 is 10.0 Å². The molecule has 1 heterocycles. The van der Waals surface area contributed by atoms with Crippen LogP contribution in [0.3, 0.4) is 0 Å². The number of benzene rings is 1. The van der Waals surface area contributed by atoms with Gasteiger partial charge < -0.3 is 4.74 Å². The zero-order chi connectivity index (χ0) is 10.9. The molecule has 1 aromatic rings. The molecule has 0 saturated heterocycles. The molecule has 2 rings (SSSR count). The average molecular weight is 243 g/mol. The Morgan fingerprint density at radius 3 is 2.53 bits per heavy atom. The topological polar surface area (TPSA) is 55.7 Å². The normalized spacial score (nSPS) is 18.6. The average Bonchev–Trinajstić information content (AvgIpc) is 2.50. The lowest BCUT2D eigenvalue weighted by atomic mass is 10.2. The van der Waals surface area contributed by atoms with Crippen LogP contribution >= 0.6 is 11.8 Å². The molecule has 4 nitrogen and oxygen atoms in total. The van der Waals surface area contributed by atoms with Crippen LogP contribution < -0.4 is 4.74 Å². The van der Waals surface area contributed by atoms with E-state index in [2.05, 4.69) is 4.40 Å². The van der Waals surface area contributed by atoms with Crippen LogP contribution in [-0.4, -0.2) is 18.7 Å².